The van der Waals surface area contributed by atoms with Crippen LogP contribution in [0.3, 0.4) is 0 Å². The van der Waals surface area contributed by atoms with E-state index < -0.39 is 11.8 Å². The number of rotatable bonds is 7. The van der Waals surface area contributed by atoms with E-state index in [0.29, 0.717) is 25.6 Å². The number of hydrogen-bond acceptors (Lipinski definition) is 5. The van der Waals surface area contributed by atoms with Gasteiger partial charge < -0.3 is 15.4 Å². The highest BCUT2D eigenvalue weighted by Crippen LogP contribution is 2.18. The van der Waals surface area contributed by atoms with Gasteiger partial charge in [0.15, 0.2) is 0 Å². The Kier molecular flexibility index (Phi) is 7.64. The minimum atomic E-state index is -0.595. The van der Waals surface area contributed by atoms with E-state index in [1.807, 2.05) is 24.5 Å². The average Bonchev–Trinajstić information content (AvgIpc) is 2.62. The first-order valence-electron chi connectivity index (χ1n) is 8.35. The summed E-state index contributed by atoms with van der Waals surface area (Å²) in [6, 6.07) is 4.07. The fraction of sp³-hybridized carbons (Fsp3) is 0.588. The van der Waals surface area contributed by atoms with Gasteiger partial charge >= 0.3 is 11.8 Å². The number of piperidine rings is 1. The van der Waals surface area contributed by atoms with Crippen LogP contribution < -0.4 is 10.6 Å². The third-order valence-corrected chi connectivity index (χ3v) is 4.21. The quantitative estimate of drug-likeness (QED) is 0.549. The fourth-order valence-corrected chi connectivity index (χ4v) is 2.76. The van der Waals surface area contributed by atoms with Gasteiger partial charge in [-0.2, -0.15) is 0 Å². The summed E-state index contributed by atoms with van der Waals surface area (Å²) in [5, 5.41) is 5.24. The lowest BCUT2D eigenvalue weighted by Gasteiger charge is -2.32. The molecule has 2 heterocycles. The van der Waals surface area contributed by atoms with Gasteiger partial charge in [-0.25, -0.2) is 0 Å². The Hall–Kier alpha value is -1.99. The molecule has 24 heavy (non-hydrogen) atoms. The lowest BCUT2D eigenvalue weighted by Crippen LogP contribution is -2.44. The maximum absolute atomic E-state index is 11.7. The predicted molar refractivity (Wildman–Crippen MR) is 90.1 cm³/mol. The van der Waals surface area contributed by atoms with Gasteiger partial charge in [0.05, 0.1) is 6.61 Å². The third-order valence-electron chi connectivity index (χ3n) is 4.21. The van der Waals surface area contributed by atoms with Crippen molar-refractivity contribution in [2.45, 2.75) is 19.4 Å². The number of aromatic nitrogens is 1. The van der Waals surface area contributed by atoms with Crippen LogP contribution in [0.25, 0.3) is 0 Å². The van der Waals surface area contributed by atoms with Gasteiger partial charge in [0.1, 0.15) is 0 Å². The van der Waals surface area contributed by atoms with E-state index in [4.69, 9.17) is 4.74 Å². The highest BCUT2D eigenvalue weighted by molar-refractivity contribution is 6.35. The molecule has 1 fully saturated rings. The first-order chi connectivity index (χ1) is 11.7. The zero-order chi connectivity index (χ0) is 17.2. The van der Waals surface area contributed by atoms with E-state index in [9.17, 15) is 9.59 Å². The van der Waals surface area contributed by atoms with E-state index >= 15 is 0 Å². The van der Waals surface area contributed by atoms with E-state index in [1.165, 1.54) is 5.56 Å². The smallest absolute Gasteiger partial charge is 0.309 e. The summed E-state index contributed by atoms with van der Waals surface area (Å²) in [5.41, 5.74) is 1.27. The van der Waals surface area contributed by atoms with E-state index in [2.05, 4.69) is 20.5 Å². The zero-order valence-corrected chi connectivity index (χ0v) is 14.2. The molecule has 2 N–H and O–H groups in total. The third kappa shape index (κ3) is 6.25. The van der Waals surface area contributed by atoms with Crippen molar-refractivity contribution in [1.29, 1.82) is 0 Å². The van der Waals surface area contributed by atoms with Crippen molar-refractivity contribution in [2.24, 2.45) is 5.92 Å². The molecule has 2 rings (SSSR count). The maximum Gasteiger partial charge on any atom is 0.309 e. The van der Waals surface area contributed by atoms with Gasteiger partial charge in [-0.15, -0.1) is 0 Å². The van der Waals surface area contributed by atoms with Gasteiger partial charge in [0, 0.05) is 39.1 Å². The molecule has 1 aliphatic rings. The minimum Gasteiger partial charge on any atom is -0.383 e. The van der Waals surface area contributed by atoms with Crippen LogP contribution >= 0.6 is 0 Å². The first kappa shape index (κ1) is 18.4. The second-order valence-electron chi connectivity index (χ2n) is 6.03. The van der Waals surface area contributed by atoms with Crippen LogP contribution in [0.15, 0.2) is 24.5 Å². The number of nitrogens with zero attached hydrogens (tertiary/aromatic N) is 2. The Morgan fingerprint density at radius 3 is 2.54 bits per heavy atom. The number of likely N-dealkylation sites (tertiary alicyclic amines) is 1. The van der Waals surface area contributed by atoms with Crippen molar-refractivity contribution in [1.82, 2.24) is 20.5 Å². The minimum absolute atomic E-state index is 0.343. The molecule has 0 aliphatic carbocycles. The van der Waals surface area contributed by atoms with Crippen LogP contribution in [0.5, 0.6) is 0 Å². The SMILES string of the molecule is COCCNC(=O)C(=O)NCC1CCN(Cc2ccncc2)CC1. The first-order valence-corrected chi connectivity index (χ1v) is 8.35. The van der Waals surface area contributed by atoms with Crippen molar-refractivity contribution in [3.05, 3.63) is 30.1 Å². The monoisotopic (exact) mass is 334 g/mol. The molecule has 0 spiro atoms. The molecular weight excluding hydrogens is 308 g/mol. The van der Waals surface area contributed by atoms with E-state index in [-0.39, 0.29) is 0 Å². The lowest BCUT2D eigenvalue weighted by molar-refractivity contribution is -0.139. The molecule has 0 atom stereocenters. The number of carbonyl (C=O) groups is 2. The van der Waals surface area contributed by atoms with Crippen molar-refractivity contribution in [3.63, 3.8) is 0 Å². The maximum atomic E-state index is 11.7. The summed E-state index contributed by atoms with van der Waals surface area (Å²) in [5.74, 6) is -0.734. The van der Waals surface area contributed by atoms with Gasteiger partial charge in [0.25, 0.3) is 0 Å². The zero-order valence-electron chi connectivity index (χ0n) is 14.2. The highest BCUT2D eigenvalue weighted by Gasteiger charge is 2.21. The molecule has 1 aliphatic heterocycles. The Morgan fingerprint density at radius 1 is 1.21 bits per heavy atom. The molecule has 7 nitrogen and oxygen atoms in total. The lowest BCUT2D eigenvalue weighted by atomic mass is 9.96. The molecule has 0 radical (unpaired) electrons. The number of nitrogens with one attached hydrogen (secondary N) is 2. The predicted octanol–water partition coefficient (Wildman–Crippen LogP) is 0.172. The molecule has 7 heteroatoms. The van der Waals surface area contributed by atoms with Crippen LogP contribution in [-0.2, 0) is 20.9 Å². The number of methoxy groups -OCH3 is 1. The Labute approximate surface area is 142 Å². The topological polar surface area (TPSA) is 83.6 Å². The van der Waals surface area contributed by atoms with Gasteiger partial charge in [-0.1, -0.05) is 0 Å². The molecule has 0 saturated carbocycles. The number of ether oxygens (including phenoxy) is 1. The summed E-state index contributed by atoms with van der Waals surface area (Å²) in [6.07, 6.45) is 5.68. The molecule has 1 saturated heterocycles. The molecule has 0 aromatic carbocycles. The number of carbonyl (C=O) groups excluding carboxylic acids is 2. The number of hydrogen-bond donors (Lipinski definition) is 2. The van der Waals surface area contributed by atoms with Gasteiger partial charge in [-0.3, -0.25) is 19.5 Å². The van der Waals surface area contributed by atoms with Crippen molar-refractivity contribution in [3.8, 4) is 0 Å². The van der Waals surface area contributed by atoms with E-state index in [1.54, 1.807) is 7.11 Å². The molecule has 0 unspecified atom stereocenters. The number of pyridine rings is 1. The van der Waals surface area contributed by atoms with Crippen LogP contribution in [-0.4, -0.2) is 61.6 Å². The molecule has 1 aromatic heterocycles. The fourth-order valence-electron chi connectivity index (χ4n) is 2.76. The normalized spacial score (nSPS) is 15.9. The molecule has 1 aromatic rings. The van der Waals surface area contributed by atoms with Crippen LogP contribution in [0.1, 0.15) is 18.4 Å². The summed E-state index contributed by atoms with van der Waals surface area (Å²) in [6.45, 7) is 4.24. The van der Waals surface area contributed by atoms with Crippen LogP contribution in [0, 0.1) is 5.92 Å². The highest BCUT2D eigenvalue weighted by atomic mass is 16.5. The summed E-state index contributed by atoms with van der Waals surface area (Å²) < 4.78 is 4.83. The number of amides is 2. The van der Waals surface area contributed by atoms with Crippen molar-refractivity contribution < 1.29 is 14.3 Å². The van der Waals surface area contributed by atoms with E-state index in [0.717, 1.165) is 32.5 Å². The molecule has 132 valence electrons. The Balaban J connectivity index is 1.62. The second-order valence-corrected chi connectivity index (χ2v) is 6.03. The largest absolute Gasteiger partial charge is 0.383 e. The summed E-state index contributed by atoms with van der Waals surface area (Å²) in [7, 11) is 1.55. The van der Waals surface area contributed by atoms with Crippen LogP contribution in [0.4, 0.5) is 0 Å². The van der Waals surface area contributed by atoms with Crippen molar-refractivity contribution >= 4 is 11.8 Å². The van der Waals surface area contributed by atoms with Gasteiger partial charge in [0.2, 0.25) is 0 Å². The van der Waals surface area contributed by atoms with Crippen LogP contribution in [0.2, 0.25) is 0 Å². The Morgan fingerprint density at radius 2 is 1.88 bits per heavy atom. The average molecular weight is 334 g/mol. The molecule has 2 amide bonds. The summed E-state index contributed by atoms with van der Waals surface area (Å²) in [4.78, 5) is 29.7. The standard InChI is InChI=1S/C17H26N4O3/c1-24-11-8-19-16(22)17(23)20-12-14-4-9-21(10-5-14)13-15-2-6-18-7-3-15/h2-3,6-7,14H,4-5,8-13H2,1H3,(H,19,22)(H,20,23). The molecular formula is C17H26N4O3. The second kappa shape index (κ2) is 10.00. The molecule has 0 bridgehead atoms. The van der Waals surface area contributed by atoms with Crippen molar-refractivity contribution in [2.75, 3.05) is 39.9 Å². The van der Waals surface area contributed by atoms with Gasteiger partial charge in [-0.05, 0) is 49.5 Å². The summed E-state index contributed by atoms with van der Waals surface area (Å²) >= 11 is 0. The Bertz CT molecular complexity index is 516.